The van der Waals surface area contributed by atoms with Gasteiger partial charge in [-0.15, -0.1) is 0 Å². The Morgan fingerprint density at radius 2 is 1.51 bits per heavy atom. The topological polar surface area (TPSA) is 169 Å². The lowest BCUT2D eigenvalue weighted by molar-refractivity contribution is -0.136. The fraction of sp³-hybridized carbons (Fsp3) is 0.372. The second-order valence-electron chi connectivity index (χ2n) is 15.9. The first-order chi connectivity index (χ1) is 27.6. The Bertz CT molecular complexity index is 2360. The van der Waals surface area contributed by atoms with Gasteiger partial charge in [0.25, 0.3) is 11.8 Å². The van der Waals surface area contributed by atoms with Crippen molar-refractivity contribution in [1.29, 1.82) is 0 Å². The number of piperidine rings is 1. The summed E-state index contributed by atoms with van der Waals surface area (Å²) in [5, 5.41) is 8.15. The van der Waals surface area contributed by atoms with Crippen LogP contribution in [0.2, 0.25) is 0 Å². The van der Waals surface area contributed by atoms with Crippen LogP contribution in [0, 0.1) is 5.92 Å². The van der Waals surface area contributed by atoms with Gasteiger partial charge in [-0.3, -0.25) is 34.3 Å². The molecule has 0 radical (unpaired) electrons. The first-order valence-electron chi connectivity index (χ1n) is 19.8. The van der Waals surface area contributed by atoms with E-state index in [1.807, 2.05) is 60.7 Å². The summed E-state index contributed by atoms with van der Waals surface area (Å²) in [6, 6.07) is 22.5. The van der Waals surface area contributed by atoms with E-state index >= 15 is 0 Å². The van der Waals surface area contributed by atoms with E-state index in [1.54, 1.807) is 12.1 Å². The number of anilines is 2. The van der Waals surface area contributed by atoms with Crippen molar-refractivity contribution in [3.05, 3.63) is 90.3 Å². The van der Waals surface area contributed by atoms with E-state index in [0.29, 0.717) is 22.9 Å². The summed E-state index contributed by atoms with van der Waals surface area (Å²) in [6.45, 7) is 7.15. The number of carbonyl (C=O) groups excluding carboxylic acids is 4. The van der Waals surface area contributed by atoms with E-state index < -0.39 is 29.7 Å². The molecule has 3 fully saturated rings. The second kappa shape index (κ2) is 14.7. The minimum atomic E-state index is -0.983. The minimum absolute atomic E-state index is 0.0890. The number of para-hydroxylation sites is 1. The highest BCUT2D eigenvalue weighted by Crippen LogP contribution is 2.39. The van der Waals surface area contributed by atoms with Crippen LogP contribution in [0.25, 0.3) is 22.3 Å². The number of fused-ring (bicyclic) bond motifs is 2. The predicted octanol–water partition coefficient (Wildman–Crippen LogP) is 5.60. The van der Waals surface area contributed by atoms with E-state index in [2.05, 4.69) is 43.6 Å². The molecule has 1 aliphatic carbocycles. The van der Waals surface area contributed by atoms with Crippen molar-refractivity contribution in [3.63, 3.8) is 0 Å². The van der Waals surface area contributed by atoms with Crippen molar-refractivity contribution < 1.29 is 23.9 Å². The largest absolute Gasteiger partial charge is 0.457 e. The third-order valence-electron chi connectivity index (χ3n) is 12.0. The molecule has 4 aliphatic rings. The summed E-state index contributed by atoms with van der Waals surface area (Å²) in [4.78, 5) is 65.9. The molecular formula is C43H45N9O5. The molecule has 57 heavy (non-hydrogen) atoms. The van der Waals surface area contributed by atoms with Crippen LogP contribution in [0.4, 0.5) is 11.5 Å². The Morgan fingerprint density at radius 1 is 0.807 bits per heavy atom. The molecule has 3 aliphatic heterocycles. The number of nitrogens with two attached hydrogens (primary N) is 1. The van der Waals surface area contributed by atoms with Crippen molar-refractivity contribution in [1.82, 2.24) is 34.9 Å². The average molecular weight is 768 g/mol. The number of nitrogen functional groups attached to an aromatic ring is 1. The van der Waals surface area contributed by atoms with Crippen LogP contribution in [-0.4, -0.2) is 90.9 Å². The van der Waals surface area contributed by atoms with Crippen LogP contribution in [-0.2, 0) is 9.59 Å². The van der Waals surface area contributed by atoms with Crippen LogP contribution in [0.5, 0.6) is 11.5 Å². The van der Waals surface area contributed by atoms with Gasteiger partial charge in [0.1, 0.15) is 35.4 Å². The molecule has 3 aromatic carbocycles. The Hall–Kier alpha value is -6.15. The summed E-state index contributed by atoms with van der Waals surface area (Å²) < 4.78 is 8.07. The Labute approximate surface area is 330 Å². The number of imide groups is 2. The average Bonchev–Trinajstić information content (AvgIpc) is 3.71. The monoisotopic (exact) mass is 767 g/mol. The molecular weight excluding hydrogens is 723 g/mol. The van der Waals surface area contributed by atoms with E-state index in [9.17, 15) is 19.2 Å². The number of amides is 4. The van der Waals surface area contributed by atoms with Gasteiger partial charge in [0.15, 0.2) is 5.65 Å². The number of nitrogens with one attached hydrogen (secondary N) is 1. The maximum absolute atomic E-state index is 13.5. The Kier molecular flexibility index (Phi) is 9.43. The van der Waals surface area contributed by atoms with Gasteiger partial charge in [-0.25, -0.2) is 14.6 Å². The van der Waals surface area contributed by atoms with Crippen molar-refractivity contribution >= 4 is 46.2 Å². The molecule has 0 spiro atoms. The summed E-state index contributed by atoms with van der Waals surface area (Å²) >= 11 is 0. The molecule has 1 saturated carbocycles. The quantitative estimate of drug-likeness (QED) is 0.189. The number of nitrogens with zero attached hydrogens (tertiary/aromatic N) is 7. The molecule has 2 saturated heterocycles. The van der Waals surface area contributed by atoms with Gasteiger partial charge in [0.2, 0.25) is 11.8 Å². The van der Waals surface area contributed by atoms with Crippen LogP contribution in [0.15, 0.2) is 79.1 Å². The van der Waals surface area contributed by atoms with E-state index in [-0.39, 0.29) is 31.0 Å². The molecule has 3 N–H and O–H groups in total. The number of aromatic nitrogens is 4. The number of hydrogen-bond acceptors (Lipinski definition) is 11. The van der Waals surface area contributed by atoms with Crippen molar-refractivity contribution in [3.8, 4) is 22.8 Å². The summed E-state index contributed by atoms with van der Waals surface area (Å²) in [5.74, 6) is 0.495. The lowest BCUT2D eigenvalue weighted by Crippen LogP contribution is -2.57. The predicted molar refractivity (Wildman–Crippen MR) is 214 cm³/mol. The van der Waals surface area contributed by atoms with Gasteiger partial charge in [-0.2, -0.15) is 5.10 Å². The fourth-order valence-electron chi connectivity index (χ4n) is 9.40. The lowest BCUT2D eigenvalue weighted by Gasteiger charge is -2.47. The molecule has 14 nitrogen and oxygen atoms in total. The van der Waals surface area contributed by atoms with Crippen LogP contribution in [0.3, 0.4) is 0 Å². The van der Waals surface area contributed by atoms with Gasteiger partial charge < -0.3 is 15.4 Å². The van der Waals surface area contributed by atoms with E-state index in [0.717, 1.165) is 89.7 Å². The third-order valence-corrected chi connectivity index (χ3v) is 12.0. The minimum Gasteiger partial charge on any atom is -0.457 e. The van der Waals surface area contributed by atoms with Crippen molar-refractivity contribution in [2.45, 2.75) is 76.5 Å². The van der Waals surface area contributed by atoms with Crippen LogP contribution >= 0.6 is 0 Å². The van der Waals surface area contributed by atoms with Crippen molar-refractivity contribution in [2.24, 2.45) is 5.92 Å². The van der Waals surface area contributed by atoms with Gasteiger partial charge in [0, 0.05) is 49.4 Å². The normalized spacial score (nSPS) is 24.2. The Balaban J connectivity index is 0.839. The molecule has 3 unspecified atom stereocenters. The van der Waals surface area contributed by atoms with Gasteiger partial charge in [0.05, 0.1) is 22.6 Å². The van der Waals surface area contributed by atoms with E-state index in [1.165, 1.54) is 6.33 Å². The molecule has 3 atom stereocenters. The summed E-state index contributed by atoms with van der Waals surface area (Å²) in [6.07, 6.45) is 5.84. The number of carbonyl (C=O) groups is 4. The standard InChI is InChI=1S/C43H45N9O5/c1-25-21-49(22-26(2)50(25)30-14-17-33-34(20-30)43(56)51(42(33)55)35-18-19-36(53)47-41(35)54)23-27-8-12-29(13-9-27)52-40-37(39(44)45-24-46-40)38(48-52)28-10-15-32(16-11-28)57-31-6-4-3-5-7-31/h3-7,10-11,14-17,20,24-27,29,35H,8-9,12-13,18-19,21-23H2,1-2H3,(H2,44,45,46)(H,47,53,54). The third kappa shape index (κ3) is 6.77. The highest BCUT2D eigenvalue weighted by atomic mass is 16.5. The molecule has 14 heteroatoms. The van der Waals surface area contributed by atoms with Gasteiger partial charge in [-0.05, 0) is 106 Å². The number of rotatable bonds is 8. The molecule has 5 aromatic rings. The zero-order valence-electron chi connectivity index (χ0n) is 32.0. The number of ether oxygens (including phenoxy) is 1. The summed E-state index contributed by atoms with van der Waals surface area (Å²) in [5.41, 5.74) is 10.4. The first kappa shape index (κ1) is 36.5. The Morgan fingerprint density at radius 3 is 2.23 bits per heavy atom. The van der Waals surface area contributed by atoms with Gasteiger partial charge in [-0.1, -0.05) is 18.2 Å². The molecule has 4 amide bonds. The van der Waals surface area contributed by atoms with Crippen LogP contribution in [0.1, 0.15) is 79.1 Å². The number of benzene rings is 3. The highest BCUT2D eigenvalue weighted by Gasteiger charge is 2.45. The van der Waals surface area contributed by atoms with Gasteiger partial charge >= 0.3 is 0 Å². The second-order valence-corrected chi connectivity index (χ2v) is 15.9. The lowest BCUT2D eigenvalue weighted by atomic mass is 9.85. The number of piperazine rings is 1. The zero-order chi connectivity index (χ0) is 39.4. The first-order valence-corrected chi connectivity index (χ1v) is 19.8. The molecule has 5 heterocycles. The maximum Gasteiger partial charge on any atom is 0.262 e. The zero-order valence-corrected chi connectivity index (χ0v) is 32.0. The van der Waals surface area contributed by atoms with Crippen molar-refractivity contribution in [2.75, 3.05) is 30.3 Å². The summed E-state index contributed by atoms with van der Waals surface area (Å²) in [7, 11) is 0. The smallest absolute Gasteiger partial charge is 0.262 e. The maximum atomic E-state index is 13.5. The fourth-order valence-corrected chi connectivity index (χ4v) is 9.40. The molecule has 292 valence electrons. The molecule has 9 rings (SSSR count). The van der Waals surface area contributed by atoms with Crippen LogP contribution < -0.4 is 20.7 Å². The van der Waals surface area contributed by atoms with E-state index in [4.69, 9.17) is 15.6 Å². The number of hydrogen-bond donors (Lipinski definition) is 2. The molecule has 2 aromatic heterocycles. The SMILES string of the molecule is CC1CN(CC2CCC(n3nc(-c4ccc(Oc5ccccc5)cc4)c4c(N)ncnc43)CC2)CC(C)N1c1ccc2c(c1)C(=O)N(C1CCC(=O)NC1=O)C2=O. The highest BCUT2D eigenvalue weighted by molar-refractivity contribution is 6.23. The molecule has 0 bridgehead atoms.